The quantitative estimate of drug-likeness (QED) is 0.580. The standard InChI is InChI=1S/C17H19NO4S2/c1-4-18(16-8-6-5-7-15(16)17(19)22-2)24(20,21)14-11-9-13(23-3)10-12-14/h5-12H,4H2,1-3H3. The van der Waals surface area contributed by atoms with Gasteiger partial charge in [-0.15, -0.1) is 11.8 Å². The van der Waals surface area contributed by atoms with Gasteiger partial charge in [0.15, 0.2) is 0 Å². The first kappa shape index (κ1) is 18.4. The van der Waals surface area contributed by atoms with Crippen molar-refractivity contribution in [1.82, 2.24) is 0 Å². The van der Waals surface area contributed by atoms with Gasteiger partial charge in [0, 0.05) is 11.4 Å². The molecule has 0 fully saturated rings. The summed E-state index contributed by atoms with van der Waals surface area (Å²) < 4.78 is 32.0. The van der Waals surface area contributed by atoms with Crippen LogP contribution in [0.4, 0.5) is 5.69 Å². The monoisotopic (exact) mass is 365 g/mol. The van der Waals surface area contributed by atoms with Crippen molar-refractivity contribution in [3.63, 3.8) is 0 Å². The molecular weight excluding hydrogens is 346 g/mol. The number of anilines is 1. The van der Waals surface area contributed by atoms with Gasteiger partial charge in [-0.25, -0.2) is 13.2 Å². The van der Waals surface area contributed by atoms with Crippen molar-refractivity contribution in [2.75, 3.05) is 24.2 Å². The number of rotatable bonds is 6. The van der Waals surface area contributed by atoms with Gasteiger partial charge in [0.2, 0.25) is 0 Å². The van der Waals surface area contributed by atoms with Gasteiger partial charge in [-0.3, -0.25) is 4.31 Å². The summed E-state index contributed by atoms with van der Waals surface area (Å²) in [5.41, 5.74) is 0.520. The van der Waals surface area contributed by atoms with Crippen LogP contribution in [-0.2, 0) is 14.8 Å². The van der Waals surface area contributed by atoms with E-state index in [9.17, 15) is 13.2 Å². The van der Waals surface area contributed by atoms with Crippen molar-refractivity contribution < 1.29 is 17.9 Å². The first-order valence-corrected chi connectivity index (χ1v) is 9.96. The van der Waals surface area contributed by atoms with Gasteiger partial charge in [-0.1, -0.05) is 12.1 Å². The summed E-state index contributed by atoms with van der Waals surface area (Å²) in [6.45, 7) is 1.92. The van der Waals surface area contributed by atoms with Crippen LogP contribution in [0.5, 0.6) is 0 Å². The smallest absolute Gasteiger partial charge is 0.340 e. The molecule has 128 valence electrons. The summed E-state index contributed by atoms with van der Waals surface area (Å²) in [6, 6.07) is 13.2. The van der Waals surface area contributed by atoms with Crippen LogP contribution < -0.4 is 4.31 Å². The molecule has 0 spiro atoms. The van der Waals surface area contributed by atoms with E-state index in [0.717, 1.165) is 4.90 Å². The highest BCUT2D eigenvalue weighted by Gasteiger charge is 2.27. The average Bonchev–Trinajstić information content (AvgIpc) is 2.62. The van der Waals surface area contributed by atoms with Crippen molar-refractivity contribution in [2.45, 2.75) is 16.7 Å². The second-order valence-electron chi connectivity index (χ2n) is 4.85. The lowest BCUT2D eigenvalue weighted by Crippen LogP contribution is -2.32. The van der Waals surface area contributed by atoms with Crippen molar-refractivity contribution in [3.8, 4) is 0 Å². The molecule has 7 heteroatoms. The lowest BCUT2D eigenvalue weighted by Gasteiger charge is -2.24. The number of benzene rings is 2. The number of ether oxygens (including phenoxy) is 1. The molecule has 24 heavy (non-hydrogen) atoms. The van der Waals surface area contributed by atoms with Crippen LogP contribution in [0.1, 0.15) is 17.3 Å². The molecule has 0 atom stereocenters. The summed E-state index contributed by atoms with van der Waals surface area (Å²) >= 11 is 1.54. The molecule has 0 unspecified atom stereocenters. The minimum atomic E-state index is -3.78. The first-order valence-electron chi connectivity index (χ1n) is 7.29. The number of esters is 1. The number of thioether (sulfide) groups is 1. The van der Waals surface area contributed by atoms with E-state index in [-0.39, 0.29) is 17.0 Å². The number of hydrogen-bond acceptors (Lipinski definition) is 5. The Labute approximate surface area is 146 Å². The maximum absolute atomic E-state index is 13.0. The second kappa shape index (κ2) is 7.72. The normalized spacial score (nSPS) is 11.1. The maximum atomic E-state index is 13.0. The summed E-state index contributed by atoms with van der Waals surface area (Å²) in [4.78, 5) is 13.1. The molecule has 0 amide bonds. The Balaban J connectivity index is 2.53. The number of nitrogens with zero attached hydrogens (tertiary/aromatic N) is 1. The topological polar surface area (TPSA) is 63.7 Å². The predicted molar refractivity (Wildman–Crippen MR) is 96.2 cm³/mol. The third-order valence-electron chi connectivity index (χ3n) is 3.51. The summed E-state index contributed by atoms with van der Waals surface area (Å²) in [5, 5.41) is 0. The number of carbonyl (C=O) groups excluding carboxylic acids is 1. The maximum Gasteiger partial charge on any atom is 0.340 e. The zero-order valence-electron chi connectivity index (χ0n) is 13.7. The summed E-state index contributed by atoms with van der Waals surface area (Å²) in [6.07, 6.45) is 1.93. The van der Waals surface area contributed by atoms with Gasteiger partial charge in [0.25, 0.3) is 10.0 Å². The van der Waals surface area contributed by atoms with Crippen LogP contribution in [-0.4, -0.2) is 34.3 Å². The Hall–Kier alpha value is -1.99. The van der Waals surface area contributed by atoms with Crippen LogP contribution in [0.15, 0.2) is 58.3 Å². The highest BCUT2D eigenvalue weighted by molar-refractivity contribution is 7.98. The fourth-order valence-electron chi connectivity index (χ4n) is 2.32. The van der Waals surface area contributed by atoms with E-state index >= 15 is 0 Å². The average molecular weight is 365 g/mol. The van der Waals surface area contributed by atoms with Crippen molar-refractivity contribution >= 4 is 33.4 Å². The molecule has 2 aromatic rings. The molecule has 0 saturated heterocycles. The van der Waals surface area contributed by atoms with E-state index in [1.165, 1.54) is 23.2 Å². The van der Waals surface area contributed by atoms with Crippen LogP contribution in [0.2, 0.25) is 0 Å². The van der Waals surface area contributed by atoms with E-state index in [1.54, 1.807) is 55.5 Å². The lowest BCUT2D eigenvalue weighted by molar-refractivity contribution is 0.0601. The van der Waals surface area contributed by atoms with Gasteiger partial charge in [0.05, 0.1) is 23.3 Å². The molecule has 0 aliphatic carbocycles. The van der Waals surface area contributed by atoms with Crippen LogP contribution in [0, 0.1) is 0 Å². The number of para-hydroxylation sites is 1. The zero-order valence-corrected chi connectivity index (χ0v) is 15.4. The number of carbonyl (C=O) groups is 1. The minimum Gasteiger partial charge on any atom is -0.465 e. The summed E-state index contributed by atoms with van der Waals surface area (Å²) in [5.74, 6) is -0.572. The van der Waals surface area contributed by atoms with Crippen molar-refractivity contribution in [1.29, 1.82) is 0 Å². The van der Waals surface area contributed by atoms with E-state index < -0.39 is 16.0 Å². The first-order chi connectivity index (χ1) is 11.5. The SMILES string of the molecule is CCN(c1ccccc1C(=O)OC)S(=O)(=O)c1ccc(SC)cc1. The Bertz CT molecular complexity index is 817. The second-order valence-corrected chi connectivity index (χ2v) is 7.60. The number of hydrogen-bond donors (Lipinski definition) is 0. The fourth-order valence-corrected chi connectivity index (χ4v) is 4.22. The largest absolute Gasteiger partial charge is 0.465 e. The number of methoxy groups -OCH3 is 1. The molecule has 2 aromatic carbocycles. The molecule has 0 bridgehead atoms. The molecular formula is C17H19NO4S2. The third kappa shape index (κ3) is 3.57. The van der Waals surface area contributed by atoms with E-state index in [1.807, 2.05) is 6.26 Å². The van der Waals surface area contributed by atoms with Crippen LogP contribution >= 0.6 is 11.8 Å². The van der Waals surface area contributed by atoms with Gasteiger partial charge in [-0.05, 0) is 49.6 Å². The molecule has 0 radical (unpaired) electrons. The van der Waals surface area contributed by atoms with Crippen LogP contribution in [0.3, 0.4) is 0 Å². The molecule has 0 aliphatic rings. The van der Waals surface area contributed by atoms with E-state index in [0.29, 0.717) is 5.69 Å². The van der Waals surface area contributed by atoms with Gasteiger partial charge in [-0.2, -0.15) is 0 Å². The van der Waals surface area contributed by atoms with Gasteiger partial charge < -0.3 is 4.74 Å². The molecule has 0 aliphatic heterocycles. The molecule has 5 nitrogen and oxygen atoms in total. The molecule has 0 saturated carbocycles. The Morgan fingerprint density at radius 3 is 2.29 bits per heavy atom. The van der Waals surface area contributed by atoms with E-state index in [4.69, 9.17) is 4.74 Å². The number of sulfonamides is 1. The van der Waals surface area contributed by atoms with Crippen molar-refractivity contribution in [2.24, 2.45) is 0 Å². The Kier molecular flexibility index (Phi) is 5.90. The molecule has 2 rings (SSSR count). The third-order valence-corrected chi connectivity index (χ3v) is 6.16. The molecule has 0 heterocycles. The van der Waals surface area contributed by atoms with Crippen LogP contribution in [0.25, 0.3) is 0 Å². The predicted octanol–water partition coefficient (Wildman–Crippen LogP) is 3.41. The highest BCUT2D eigenvalue weighted by Crippen LogP contribution is 2.28. The minimum absolute atomic E-state index is 0.182. The fraction of sp³-hybridized carbons (Fsp3) is 0.235. The Morgan fingerprint density at radius 1 is 1.12 bits per heavy atom. The zero-order chi connectivity index (χ0) is 17.7. The van der Waals surface area contributed by atoms with Gasteiger partial charge >= 0.3 is 5.97 Å². The molecule has 0 N–H and O–H groups in total. The molecule has 0 aromatic heterocycles. The van der Waals surface area contributed by atoms with Crippen molar-refractivity contribution in [3.05, 3.63) is 54.1 Å². The lowest BCUT2D eigenvalue weighted by atomic mass is 10.2. The Morgan fingerprint density at radius 2 is 1.75 bits per heavy atom. The van der Waals surface area contributed by atoms with E-state index in [2.05, 4.69) is 0 Å². The highest BCUT2D eigenvalue weighted by atomic mass is 32.2. The summed E-state index contributed by atoms with van der Waals surface area (Å²) in [7, 11) is -2.51. The van der Waals surface area contributed by atoms with Gasteiger partial charge in [0.1, 0.15) is 0 Å².